The van der Waals surface area contributed by atoms with E-state index in [0.717, 1.165) is 12.8 Å². The minimum absolute atomic E-state index is 0.00463. The Bertz CT molecular complexity index is 193. The molecule has 5 heteroatoms. The van der Waals surface area contributed by atoms with E-state index in [1.54, 1.807) is 0 Å². The SMILES string of the molecule is COC[C@](CC1CC1)(ON)C(=O)O. The third-order valence-corrected chi connectivity index (χ3v) is 2.31. The molecule has 0 heterocycles. The van der Waals surface area contributed by atoms with Gasteiger partial charge in [0.2, 0.25) is 5.60 Å². The molecule has 0 bridgehead atoms. The molecule has 1 rings (SSSR count). The number of ether oxygens (including phenoxy) is 1. The highest BCUT2D eigenvalue weighted by Gasteiger charge is 2.44. The van der Waals surface area contributed by atoms with Crippen molar-refractivity contribution in [2.24, 2.45) is 11.8 Å². The summed E-state index contributed by atoms with van der Waals surface area (Å²) >= 11 is 0. The monoisotopic (exact) mass is 189 g/mol. The van der Waals surface area contributed by atoms with Crippen LogP contribution in [-0.2, 0) is 14.4 Å². The van der Waals surface area contributed by atoms with Gasteiger partial charge in [-0.3, -0.25) is 4.84 Å². The van der Waals surface area contributed by atoms with Crippen molar-refractivity contribution in [1.82, 2.24) is 0 Å². The van der Waals surface area contributed by atoms with Gasteiger partial charge in [-0.15, -0.1) is 0 Å². The summed E-state index contributed by atoms with van der Waals surface area (Å²) in [5, 5.41) is 8.95. The number of nitrogens with two attached hydrogens (primary N) is 1. The largest absolute Gasteiger partial charge is 0.479 e. The molecule has 1 saturated carbocycles. The van der Waals surface area contributed by atoms with Gasteiger partial charge in [0.15, 0.2) is 0 Å². The zero-order chi connectivity index (χ0) is 9.90. The van der Waals surface area contributed by atoms with Gasteiger partial charge in [0, 0.05) is 7.11 Å². The molecule has 1 aliphatic carbocycles. The molecule has 0 aliphatic heterocycles. The lowest BCUT2D eigenvalue weighted by Gasteiger charge is -2.25. The van der Waals surface area contributed by atoms with Crippen LogP contribution in [0.2, 0.25) is 0 Å². The molecule has 13 heavy (non-hydrogen) atoms. The van der Waals surface area contributed by atoms with Crippen molar-refractivity contribution in [2.75, 3.05) is 13.7 Å². The van der Waals surface area contributed by atoms with E-state index in [1.807, 2.05) is 0 Å². The summed E-state index contributed by atoms with van der Waals surface area (Å²) in [6.07, 6.45) is 2.55. The van der Waals surface area contributed by atoms with E-state index in [2.05, 4.69) is 4.84 Å². The zero-order valence-electron chi connectivity index (χ0n) is 7.66. The Morgan fingerprint density at radius 3 is 2.62 bits per heavy atom. The molecule has 1 fully saturated rings. The lowest BCUT2D eigenvalue weighted by atomic mass is 9.98. The van der Waals surface area contributed by atoms with Crippen LogP contribution < -0.4 is 5.90 Å². The van der Waals surface area contributed by atoms with Crippen LogP contribution in [0.15, 0.2) is 0 Å². The van der Waals surface area contributed by atoms with E-state index in [-0.39, 0.29) is 6.61 Å². The molecule has 0 unspecified atom stereocenters. The van der Waals surface area contributed by atoms with Crippen molar-refractivity contribution in [3.05, 3.63) is 0 Å². The molecule has 0 aromatic carbocycles. The van der Waals surface area contributed by atoms with Crippen LogP contribution in [0.4, 0.5) is 0 Å². The minimum atomic E-state index is -1.35. The molecular weight excluding hydrogens is 174 g/mol. The topological polar surface area (TPSA) is 81.8 Å². The highest BCUT2D eigenvalue weighted by molar-refractivity contribution is 5.77. The molecule has 1 atom stereocenters. The molecule has 0 radical (unpaired) electrons. The number of carboxylic acids is 1. The van der Waals surface area contributed by atoms with Crippen LogP contribution in [0.3, 0.4) is 0 Å². The van der Waals surface area contributed by atoms with Gasteiger partial charge in [0.1, 0.15) is 0 Å². The first-order valence-corrected chi connectivity index (χ1v) is 4.25. The first-order chi connectivity index (χ1) is 6.14. The van der Waals surface area contributed by atoms with E-state index in [4.69, 9.17) is 15.7 Å². The maximum atomic E-state index is 10.9. The Kier molecular flexibility index (Phi) is 3.24. The molecule has 0 aromatic rings. The van der Waals surface area contributed by atoms with E-state index < -0.39 is 11.6 Å². The number of hydrogen-bond acceptors (Lipinski definition) is 4. The standard InChI is InChI=1S/C8H15NO4/c1-12-5-8(13-9,7(10)11)4-6-2-3-6/h6H,2-5,9H2,1H3,(H,10,11)/t8-/m0/s1. The Labute approximate surface area is 76.8 Å². The van der Waals surface area contributed by atoms with Crippen LogP contribution in [0.5, 0.6) is 0 Å². The van der Waals surface area contributed by atoms with Crippen molar-refractivity contribution in [3.63, 3.8) is 0 Å². The average molecular weight is 189 g/mol. The molecule has 5 nitrogen and oxygen atoms in total. The van der Waals surface area contributed by atoms with Gasteiger partial charge in [-0.1, -0.05) is 12.8 Å². The maximum Gasteiger partial charge on any atom is 0.340 e. The molecule has 0 spiro atoms. The molecule has 0 aromatic heterocycles. The smallest absolute Gasteiger partial charge is 0.340 e. The van der Waals surface area contributed by atoms with Crippen LogP contribution in [0.25, 0.3) is 0 Å². The first-order valence-electron chi connectivity index (χ1n) is 4.25. The van der Waals surface area contributed by atoms with Gasteiger partial charge in [-0.25, -0.2) is 10.7 Å². The molecule has 0 amide bonds. The number of aliphatic carboxylic acids is 1. The fourth-order valence-electron chi connectivity index (χ4n) is 1.36. The highest BCUT2D eigenvalue weighted by Crippen LogP contribution is 2.37. The Morgan fingerprint density at radius 1 is 1.69 bits per heavy atom. The minimum Gasteiger partial charge on any atom is -0.479 e. The van der Waals surface area contributed by atoms with Gasteiger partial charge < -0.3 is 9.84 Å². The second-order valence-corrected chi connectivity index (χ2v) is 3.50. The molecule has 76 valence electrons. The van der Waals surface area contributed by atoms with E-state index >= 15 is 0 Å². The predicted octanol–water partition coefficient (Wildman–Crippen LogP) is 0.147. The summed E-state index contributed by atoms with van der Waals surface area (Å²) in [6.45, 7) is -0.00463. The van der Waals surface area contributed by atoms with Gasteiger partial charge in [-0.2, -0.15) is 0 Å². The summed E-state index contributed by atoms with van der Waals surface area (Å²) in [5.41, 5.74) is -1.35. The Morgan fingerprint density at radius 2 is 2.31 bits per heavy atom. The summed E-state index contributed by atoms with van der Waals surface area (Å²) < 4.78 is 4.80. The number of methoxy groups -OCH3 is 1. The van der Waals surface area contributed by atoms with E-state index in [1.165, 1.54) is 7.11 Å². The molecule has 3 N–H and O–H groups in total. The predicted molar refractivity (Wildman–Crippen MR) is 44.9 cm³/mol. The Balaban J connectivity index is 2.61. The molecule has 0 saturated heterocycles. The van der Waals surface area contributed by atoms with Crippen LogP contribution in [-0.4, -0.2) is 30.4 Å². The zero-order valence-corrected chi connectivity index (χ0v) is 7.66. The summed E-state index contributed by atoms with van der Waals surface area (Å²) in [4.78, 5) is 15.5. The first kappa shape index (κ1) is 10.4. The lowest BCUT2D eigenvalue weighted by Crippen LogP contribution is -2.48. The number of carbonyl (C=O) groups is 1. The third kappa shape index (κ3) is 2.40. The number of carboxylic acid groups (broad SMARTS) is 1. The van der Waals surface area contributed by atoms with Crippen LogP contribution in [0.1, 0.15) is 19.3 Å². The molecule has 1 aliphatic rings. The summed E-state index contributed by atoms with van der Waals surface area (Å²) in [6, 6.07) is 0. The maximum absolute atomic E-state index is 10.9. The normalized spacial score (nSPS) is 21.1. The quantitative estimate of drug-likeness (QED) is 0.581. The Hall–Kier alpha value is -0.650. The van der Waals surface area contributed by atoms with Gasteiger partial charge >= 0.3 is 5.97 Å². The summed E-state index contributed by atoms with van der Waals surface area (Å²) in [5.74, 6) is 4.38. The average Bonchev–Trinajstić information content (AvgIpc) is 2.87. The molecular formula is C8H15NO4. The summed E-state index contributed by atoms with van der Waals surface area (Å²) in [7, 11) is 1.43. The van der Waals surface area contributed by atoms with Gasteiger partial charge in [-0.05, 0) is 12.3 Å². The van der Waals surface area contributed by atoms with Crippen LogP contribution >= 0.6 is 0 Å². The van der Waals surface area contributed by atoms with Gasteiger partial charge in [0.05, 0.1) is 6.61 Å². The van der Waals surface area contributed by atoms with E-state index in [0.29, 0.717) is 12.3 Å². The lowest BCUT2D eigenvalue weighted by molar-refractivity contribution is -0.176. The fourth-order valence-corrected chi connectivity index (χ4v) is 1.36. The van der Waals surface area contributed by atoms with Crippen molar-refractivity contribution >= 4 is 5.97 Å². The van der Waals surface area contributed by atoms with E-state index in [9.17, 15) is 4.79 Å². The van der Waals surface area contributed by atoms with Crippen LogP contribution in [0, 0.1) is 5.92 Å². The second kappa shape index (κ2) is 4.04. The highest BCUT2D eigenvalue weighted by atomic mass is 16.7. The number of rotatable bonds is 6. The second-order valence-electron chi connectivity index (χ2n) is 3.50. The number of hydrogen-bond donors (Lipinski definition) is 2. The third-order valence-electron chi connectivity index (χ3n) is 2.31. The van der Waals surface area contributed by atoms with Crippen molar-refractivity contribution in [2.45, 2.75) is 24.9 Å². The van der Waals surface area contributed by atoms with Gasteiger partial charge in [0.25, 0.3) is 0 Å². The fraction of sp³-hybridized carbons (Fsp3) is 0.875. The van der Waals surface area contributed by atoms with Crippen molar-refractivity contribution < 1.29 is 19.5 Å². The van der Waals surface area contributed by atoms with Crippen molar-refractivity contribution in [3.8, 4) is 0 Å². The van der Waals surface area contributed by atoms with Crippen molar-refractivity contribution in [1.29, 1.82) is 0 Å².